The van der Waals surface area contributed by atoms with Gasteiger partial charge in [-0.25, -0.2) is 4.79 Å². The van der Waals surface area contributed by atoms with E-state index in [0.29, 0.717) is 11.5 Å². The summed E-state index contributed by atoms with van der Waals surface area (Å²) in [7, 11) is 0. The summed E-state index contributed by atoms with van der Waals surface area (Å²) in [5.41, 5.74) is 3.84. The molecule has 0 aliphatic rings. The molecule has 22 heavy (non-hydrogen) atoms. The van der Waals surface area contributed by atoms with Crippen molar-refractivity contribution < 1.29 is 9.90 Å². The van der Waals surface area contributed by atoms with E-state index in [9.17, 15) is 9.90 Å². The molecule has 0 saturated carbocycles. The van der Waals surface area contributed by atoms with Crippen LogP contribution in [-0.2, 0) is 6.54 Å². The topological polar surface area (TPSA) is 42.2 Å². The van der Waals surface area contributed by atoms with Crippen LogP contribution < -0.4 is 0 Å². The number of fused-ring (bicyclic) bond motifs is 1. The highest BCUT2D eigenvalue weighted by atomic mass is 16.4. The maximum Gasteiger partial charge on any atom is 0.335 e. The maximum absolute atomic E-state index is 11.2. The molecule has 0 aliphatic carbocycles. The summed E-state index contributed by atoms with van der Waals surface area (Å²) in [5.74, 6) is -0.531. The van der Waals surface area contributed by atoms with Gasteiger partial charge in [-0.3, -0.25) is 0 Å². The molecule has 0 fully saturated rings. The first-order valence-electron chi connectivity index (χ1n) is 7.46. The molecule has 3 nitrogen and oxygen atoms in total. The molecular weight excluding hydrogens is 274 g/mol. The molecule has 0 spiro atoms. The number of rotatable bonds is 4. The lowest BCUT2D eigenvalue weighted by Gasteiger charge is -2.05. The first-order valence-corrected chi connectivity index (χ1v) is 7.46. The van der Waals surface area contributed by atoms with Gasteiger partial charge in [-0.1, -0.05) is 44.2 Å². The highest BCUT2D eigenvalue weighted by Gasteiger charge is 2.14. The Hall–Kier alpha value is -2.55. The van der Waals surface area contributed by atoms with Crippen LogP contribution >= 0.6 is 0 Å². The minimum absolute atomic E-state index is 0.340. The Morgan fingerprint density at radius 3 is 2.50 bits per heavy atom. The first-order chi connectivity index (χ1) is 10.6. The van der Waals surface area contributed by atoms with Gasteiger partial charge in [-0.2, -0.15) is 0 Å². The summed E-state index contributed by atoms with van der Waals surface area (Å²) < 4.78 is 2.20. The number of benzene rings is 2. The van der Waals surface area contributed by atoms with Gasteiger partial charge in [0.15, 0.2) is 0 Å². The van der Waals surface area contributed by atoms with Crippen LogP contribution in [0.25, 0.3) is 10.9 Å². The molecule has 0 bridgehead atoms. The van der Waals surface area contributed by atoms with E-state index < -0.39 is 5.97 Å². The van der Waals surface area contributed by atoms with Crippen molar-refractivity contribution in [3.05, 3.63) is 71.4 Å². The van der Waals surface area contributed by atoms with Crippen LogP contribution in [0, 0.1) is 0 Å². The number of aromatic carboxylic acids is 1. The van der Waals surface area contributed by atoms with Crippen molar-refractivity contribution in [2.75, 3.05) is 0 Å². The van der Waals surface area contributed by atoms with Crippen LogP contribution in [-0.4, -0.2) is 15.6 Å². The molecule has 1 N–H and O–H groups in total. The summed E-state index contributed by atoms with van der Waals surface area (Å²) in [6, 6.07) is 15.7. The lowest BCUT2D eigenvalue weighted by Crippen LogP contribution is -1.99. The van der Waals surface area contributed by atoms with E-state index in [4.69, 9.17) is 0 Å². The zero-order chi connectivity index (χ0) is 15.7. The first kappa shape index (κ1) is 14.4. The lowest BCUT2D eigenvalue weighted by atomic mass is 10.0. The monoisotopic (exact) mass is 293 g/mol. The molecule has 0 aliphatic heterocycles. The van der Waals surface area contributed by atoms with Gasteiger partial charge in [-0.05, 0) is 35.2 Å². The Labute approximate surface area is 129 Å². The third-order valence-corrected chi connectivity index (χ3v) is 3.98. The Bertz CT molecular complexity index is 816. The van der Waals surface area contributed by atoms with Crippen molar-refractivity contribution in [3.8, 4) is 0 Å². The SMILES string of the molecule is CC(C)c1cn(Cc2ccccc2)c2ccc(C(=O)O)cc12. The number of hydrogen-bond donors (Lipinski definition) is 1. The van der Waals surface area contributed by atoms with Gasteiger partial charge < -0.3 is 9.67 Å². The van der Waals surface area contributed by atoms with Crippen molar-refractivity contribution in [2.24, 2.45) is 0 Å². The highest BCUT2D eigenvalue weighted by molar-refractivity contribution is 5.95. The normalized spacial score (nSPS) is 11.2. The van der Waals surface area contributed by atoms with E-state index in [1.54, 1.807) is 12.1 Å². The van der Waals surface area contributed by atoms with Crippen molar-refractivity contribution in [2.45, 2.75) is 26.3 Å². The van der Waals surface area contributed by atoms with Gasteiger partial charge >= 0.3 is 5.97 Å². The molecule has 1 heterocycles. The molecule has 3 rings (SSSR count). The molecule has 3 aromatic rings. The molecule has 0 unspecified atom stereocenters. The molecular formula is C19H19NO2. The molecule has 0 amide bonds. The zero-order valence-corrected chi connectivity index (χ0v) is 12.8. The Kier molecular flexibility index (Phi) is 3.72. The summed E-state index contributed by atoms with van der Waals surface area (Å²) in [5, 5.41) is 10.2. The summed E-state index contributed by atoms with van der Waals surface area (Å²) in [6.07, 6.45) is 2.15. The van der Waals surface area contributed by atoms with Crippen molar-refractivity contribution in [3.63, 3.8) is 0 Å². The van der Waals surface area contributed by atoms with Crippen LogP contribution in [0.2, 0.25) is 0 Å². The Balaban J connectivity index is 2.13. The standard InChI is InChI=1S/C19H19NO2/c1-13(2)17-12-20(11-14-6-4-3-5-7-14)18-9-8-15(19(21)22)10-16(17)18/h3-10,12-13H,11H2,1-2H3,(H,21,22). The van der Waals surface area contributed by atoms with Crippen LogP contribution in [0.1, 0.15) is 41.3 Å². The highest BCUT2D eigenvalue weighted by Crippen LogP contribution is 2.29. The second-order valence-electron chi connectivity index (χ2n) is 5.89. The number of carboxylic acid groups (broad SMARTS) is 1. The number of carboxylic acids is 1. The van der Waals surface area contributed by atoms with E-state index in [-0.39, 0.29) is 0 Å². The van der Waals surface area contributed by atoms with Gasteiger partial charge in [0.25, 0.3) is 0 Å². The van der Waals surface area contributed by atoms with Crippen molar-refractivity contribution in [1.82, 2.24) is 4.57 Å². The van der Waals surface area contributed by atoms with Gasteiger partial charge in [0.05, 0.1) is 5.56 Å². The van der Waals surface area contributed by atoms with Gasteiger partial charge in [0, 0.05) is 23.6 Å². The number of carbonyl (C=O) groups is 1. The summed E-state index contributed by atoms with van der Waals surface area (Å²) in [6.45, 7) is 5.06. The smallest absolute Gasteiger partial charge is 0.335 e. The molecule has 1 aromatic heterocycles. The maximum atomic E-state index is 11.2. The van der Waals surface area contributed by atoms with Crippen LogP contribution in [0.15, 0.2) is 54.7 Å². The fourth-order valence-corrected chi connectivity index (χ4v) is 2.83. The molecule has 0 radical (unpaired) electrons. The van der Waals surface area contributed by atoms with E-state index >= 15 is 0 Å². The number of nitrogens with zero attached hydrogens (tertiary/aromatic N) is 1. The quantitative estimate of drug-likeness (QED) is 0.769. The minimum Gasteiger partial charge on any atom is -0.478 e. The molecule has 3 heteroatoms. The largest absolute Gasteiger partial charge is 0.478 e. The van der Waals surface area contributed by atoms with E-state index in [2.05, 4.69) is 36.7 Å². The predicted molar refractivity (Wildman–Crippen MR) is 88.5 cm³/mol. The molecule has 0 atom stereocenters. The molecule has 2 aromatic carbocycles. The zero-order valence-electron chi connectivity index (χ0n) is 12.8. The summed E-state index contributed by atoms with van der Waals surface area (Å²) in [4.78, 5) is 11.2. The van der Waals surface area contributed by atoms with Gasteiger partial charge in [-0.15, -0.1) is 0 Å². The number of hydrogen-bond acceptors (Lipinski definition) is 1. The Morgan fingerprint density at radius 2 is 1.86 bits per heavy atom. The van der Waals surface area contributed by atoms with Crippen LogP contribution in [0.3, 0.4) is 0 Å². The van der Waals surface area contributed by atoms with E-state index in [1.807, 2.05) is 24.3 Å². The third kappa shape index (κ3) is 2.62. The van der Waals surface area contributed by atoms with E-state index in [1.165, 1.54) is 11.1 Å². The van der Waals surface area contributed by atoms with Crippen LogP contribution in [0.4, 0.5) is 0 Å². The van der Waals surface area contributed by atoms with Crippen molar-refractivity contribution in [1.29, 1.82) is 0 Å². The van der Waals surface area contributed by atoms with Gasteiger partial charge in [0.2, 0.25) is 0 Å². The van der Waals surface area contributed by atoms with E-state index in [0.717, 1.165) is 17.4 Å². The average Bonchev–Trinajstić information content (AvgIpc) is 2.86. The minimum atomic E-state index is -0.882. The number of aromatic nitrogens is 1. The fraction of sp³-hybridized carbons (Fsp3) is 0.211. The Morgan fingerprint density at radius 1 is 1.14 bits per heavy atom. The average molecular weight is 293 g/mol. The predicted octanol–water partition coefficient (Wildman–Crippen LogP) is 4.51. The second-order valence-corrected chi connectivity index (χ2v) is 5.89. The summed E-state index contributed by atoms with van der Waals surface area (Å²) >= 11 is 0. The third-order valence-electron chi connectivity index (χ3n) is 3.98. The fourth-order valence-electron chi connectivity index (χ4n) is 2.83. The molecule has 0 saturated heterocycles. The van der Waals surface area contributed by atoms with Crippen molar-refractivity contribution >= 4 is 16.9 Å². The van der Waals surface area contributed by atoms with Crippen LogP contribution in [0.5, 0.6) is 0 Å². The lowest BCUT2D eigenvalue weighted by molar-refractivity contribution is 0.0697. The second kappa shape index (κ2) is 5.68. The van der Waals surface area contributed by atoms with Gasteiger partial charge in [0.1, 0.15) is 0 Å². The molecule has 112 valence electrons.